The molecule has 2 aliphatic heterocycles. The minimum absolute atomic E-state index is 0.0571. The van der Waals surface area contributed by atoms with Gasteiger partial charge < -0.3 is 35.0 Å². The number of fused-ring (bicyclic) bond motifs is 1. The lowest BCUT2D eigenvalue weighted by molar-refractivity contribution is -0.197. The smallest absolute Gasteiger partial charge is 0.323 e. The van der Waals surface area contributed by atoms with Gasteiger partial charge in [-0.2, -0.15) is 0 Å². The lowest BCUT2D eigenvalue weighted by atomic mass is 9.75. The minimum atomic E-state index is -1.70. The third-order valence-corrected chi connectivity index (χ3v) is 7.24. The van der Waals surface area contributed by atoms with Crippen LogP contribution in [0.15, 0.2) is 24.3 Å². The Labute approximate surface area is 182 Å². The van der Waals surface area contributed by atoms with Gasteiger partial charge in [-0.05, 0) is 31.2 Å². The number of nitrogens with zero attached hydrogens (tertiary/aromatic N) is 3. The molecular weight excluding hydrogens is 402 g/mol. The number of hydrogen-bond donors (Lipinski definition) is 4. The quantitative estimate of drug-likeness (QED) is 0.432. The Kier molecular flexibility index (Phi) is 6.26. The molecule has 0 radical (unpaired) electrons. The zero-order chi connectivity index (χ0) is 22.3. The van der Waals surface area contributed by atoms with Crippen molar-refractivity contribution in [2.75, 3.05) is 45.2 Å². The zero-order valence-corrected chi connectivity index (χ0v) is 18.1. The summed E-state index contributed by atoms with van der Waals surface area (Å²) in [5.41, 5.74) is 0.397. The molecule has 1 aromatic carbocycles. The van der Waals surface area contributed by atoms with Crippen molar-refractivity contribution in [3.05, 3.63) is 29.8 Å². The van der Waals surface area contributed by atoms with Crippen molar-refractivity contribution in [3.63, 3.8) is 0 Å². The first-order chi connectivity index (χ1) is 14.7. The Bertz CT molecular complexity index is 784. The van der Waals surface area contributed by atoms with Crippen molar-refractivity contribution in [1.29, 1.82) is 0 Å². The fraction of sp³-hybridized carbons (Fsp3) is 0.682. The monoisotopic (exact) mass is 435 g/mol. The van der Waals surface area contributed by atoms with Crippen molar-refractivity contribution in [2.45, 2.75) is 55.4 Å². The van der Waals surface area contributed by atoms with E-state index in [0.29, 0.717) is 6.54 Å². The van der Waals surface area contributed by atoms with Crippen molar-refractivity contribution in [1.82, 2.24) is 9.80 Å². The maximum atomic E-state index is 12.5. The number of carbonyl (C=O) groups excluding carboxylic acids is 1. The van der Waals surface area contributed by atoms with Crippen LogP contribution in [0, 0.1) is 0 Å². The van der Waals surface area contributed by atoms with Crippen LogP contribution in [0.25, 0.3) is 0 Å². The lowest BCUT2D eigenvalue weighted by Gasteiger charge is -2.45. The largest absolute Gasteiger partial charge is 0.468 e. The molecule has 0 aromatic heterocycles. The molecule has 4 N–H and O–H groups in total. The van der Waals surface area contributed by atoms with Gasteiger partial charge >= 0.3 is 5.97 Å². The van der Waals surface area contributed by atoms with Crippen LogP contribution in [0.4, 0.5) is 5.69 Å². The van der Waals surface area contributed by atoms with Gasteiger partial charge in [0.25, 0.3) is 0 Å². The molecule has 1 aromatic rings. The number of benzene rings is 1. The lowest BCUT2D eigenvalue weighted by Crippen LogP contribution is -2.64. The highest BCUT2D eigenvalue weighted by Crippen LogP contribution is 2.44. The fourth-order valence-electron chi connectivity index (χ4n) is 5.26. The number of esters is 1. The highest BCUT2D eigenvalue weighted by molar-refractivity contribution is 5.76. The molecule has 2 heterocycles. The molecule has 0 bridgehead atoms. The Morgan fingerprint density at radius 2 is 1.77 bits per heavy atom. The molecule has 3 fully saturated rings. The summed E-state index contributed by atoms with van der Waals surface area (Å²) in [6, 6.07) is 6.68. The molecule has 0 unspecified atom stereocenters. The maximum Gasteiger partial charge on any atom is 0.323 e. The number of likely N-dealkylation sites (tertiary alicyclic amines) is 1. The molecule has 31 heavy (non-hydrogen) atoms. The van der Waals surface area contributed by atoms with Gasteiger partial charge in [0, 0.05) is 50.9 Å². The average Bonchev–Trinajstić information content (AvgIpc) is 3.06. The van der Waals surface area contributed by atoms with E-state index in [0.717, 1.165) is 37.4 Å². The second-order valence-corrected chi connectivity index (χ2v) is 9.12. The number of piperazine rings is 1. The van der Waals surface area contributed by atoms with Crippen LogP contribution in [0.5, 0.6) is 0 Å². The number of rotatable bonds is 4. The van der Waals surface area contributed by atoms with E-state index in [9.17, 15) is 25.2 Å². The SMILES string of the molecule is COC(=O)[C@@H]1C[C@@]2(O)[C@@H](O)[C@@H](O)[C@H](O)C[C@H]2N1Cc1ccc(N2CCN(C)CC2)cc1. The summed E-state index contributed by atoms with van der Waals surface area (Å²) in [5.74, 6) is -0.506. The Morgan fingerprint density at radius 1 is 1.13 bits per heavy atom. The zero-order valence-electron chi connectivity index (χ0n) is 18.1. The van der Waals surface area contributed by atoms with Gasteiger partial charge in [0.2, 0.25) is 0 Å². The van der Waals surface area contributed by atoms with Crippen molar-refractivity contribution in [2.24, 2.45) is 0 Å². The number of aliphatic hydroxyl groups is 4. The first-order valence-electron chi connectivity index (χ1n) is 10.9. The number of likely N-dealkylation sites (N-methyl/N-ethyl adjacent to an activating group) is 1. The van der Waals surface area contributed by atoms with E-state index in [2.05, 4.69) is 29.0 Å². The molecular formula is C22H33N3O6. The summed E-state index contributed by atoms with van der Waals surface area (Å²) in [5, 5.41) is 42.0. The van der Waals surface area contributed by atoms with Gasteiger partial charge in [-0.1, -0.05) is 12.1 Å². The van der Waals surface area contributed by atoms with E-state index in [4.69, 9.17) is 4.74 Å². The van der Waals surface area contributed by atoms with E-state index >= 15 is 0 Å². The van der Waals surface area contributed by atoms with E-state index in [1.807, 2.05) is 12.1 Å². The standard InChI is InChI=1S/C22H33N3O6/c1-23-7-9-24(10-8-23)15-5-3-14(4-6-15)13-25-16(21(29)31-2)12-22(30)18(25)11-17(26)19(27)20(22)28/h3-6,16-20,26-28,30H,7-13H2,1-2H3/t16-,17+,18+,19-,20-,22-/m0/s1. The molecule has 1 aliphatic carbocycles. The van der Waals surface area contributed by atoms with Crippen LogP contribution < -0.4 is 4.90 Å². The van der Waals surface area contributed by atoms with Crippen LogP contribution in [-0.4, -0.2) is 113 Å². The Morgan fingerprint density at radius 3 is 2.39 bits per heavy atom. The van der Waals surface area contributed by atoms with Crippen LogP contribution in [0.2, 0.25) is 0 Å². The second kappa shape index (κ2) is 8.65. The fourth-order valence-corrected chi connectivity index (χ4v) is 5.26. The van der Waals surface area contributed by atoms with Gasteiger partial charge in [-0.15, -0.1) is 0 Å². The molecule has 1 saturated carbocycles. The molecule has 9 nitrogen and oxygen atoms in total. The molecule has 0 spiro atoms. The normalized spacial score (nSPS) is 37.0. The maximum absolute atomic E-state index is 12.5. The summed E-state index contributed by atoms with van der Waals surface area (Å²) >= 11 is 0. The first kappa shape index (κ1) is 22.4. The summed E-state index contributed by atoms with van der Waals surface area (Å²) < 4.78 is 4.94. The second-order valence-electron chi connectivity index (χ2n) is 9.12. The van der Waals surface area contributed by atoms with Crippen LogP contribution in [0.3, 0.4) is 0 Å². The molecule has 4 rings (SSSR count). The predicted molar refractivity (Wildman–Crippen MR) is 113 cm³/mol. The van der Waals surface area contributed by atoms with Gasteiger partial charge in [-0.25, -0.2) is 0 Å². The summed E-state index contributed by atoms with van der Waals surface area (Å²) in [7, 11) is 3.41. The molecule has 2 saturated heterocycles. The predicted octanol–water partition coefficient (Wildman–Crippen LogP) is -1.23. The highest BCUT2D eigenvalue weighted by atomic mass is 16.5. The first-order valence-corrected chi connectivity index (χ1v) is 10.9. The molecule has 172 valence electrons. The van der Waals surface area contributed by atoms with E-state index in [1.54, 1.807) is 4.90 Å². The minimum Gasteiger partial charge on any atom is -0.468 e. The number of hydrogen-bond acceptors (Lipinski definition) is 9. The highest BCUT2D eigenvalue weighted by Gasteiger charge is 2.62. The Balaban J connectivity index is 1.54. The Hall–Kier alpha value is -1.75. The molecule has 0 amide bonds. The third-order valence-electron chi connectivity index (χ3n) is 7.24. The van der Waals surface area contributed by atoms with Crippen molar-refractivity contribution < 1.29 is 30.0 Å². The van der Waals surface area contributed by atoms with E-state index in [-0.39, 0.29) is 12.8 Å². The van der Waals surface area contributed by atoms with E-state index in [1.165, 1.54) is 7.11 Å². The van der Waals surface area contributed by atoms with Gasteiger partial charge in [0.1, 0.15) is 23.9 Å². The third kappa shape index (κ3) is 4.06. The van der Waals surface area contributed by atoms with Gasteiger partial charge in [0.05, 0.1) is 13.2 Å². The van der Waals surface area contributed by atoms with Crippen molar-refractivity contribution in [3.8, 4) is 0 Å². The van der Waals surface area contributed by atoms with Gasteiger partial charge in [0.15, 0.2) is 0 Å². The molecule has 3 aliphatic rings. The van der Waals surface area contributed by atoms with Crippen LogP contribution in [0.1, 0.15) is 18.4 Å². The van der Waals surface area contributed by atoms with Crippen molar-refractivity contribution >= 4 is 11.7 Å². The summed E-state index contributed by atoms with van der Waals surface area (Å²) in [4.78, 5) is 18.9. The van der Waals surface area contributed by atoms with Crippen LogP contribution >= 0.6 is 0 Å². The van der Waals surface area contributed by atoms with E-state index < -0.39 is 42.0 Å². The molecule has 6 atom stereocenters. The number of ether oxygens (including phenoxy) is 1. The number of methoxy groups -OCH3 is 1. The molecule has 9 heteroatoms. The summed E-state index contributed by atoms with van der Waals surface area (Å²) in [6.07, 6.45) is -4.19. The number of aliphatic hydroxyl groups excluding tert-OH is 3. The van der Waals surface area contributed by atoms with Gasteiger partial charge in [-0.3, -0.25) is 9.69 Å². The number of carbonyl (C=O) groups is 1. The topological polar surface area (TPSA) is 117 Å². The average molecular weight is 436 g/mol. The van der Waals surface area contributed by atoms with Crippen LogP contribution in [-0.2, 0) is 16.1 Å². The summed E-state index contributed by atoms with van der Waals surface area (Å²) in [6.45, 7) is 4.34. The number of anilines is 1.